The zero-order valence-corrected chi connectivity index (χ0v) is 11.5. The highest BCUT2D eigenvalue weighted by Gasteiger charge is 2.19. The lowest BCUT2D eigenvalue weighted by atomic mass is 10.1. The fourth-order valence-electron chi connectivity index (χ4n) is 1.60. The molecule has 0 unspecified atom stereocenters. The summed E-state index contributed by atoms with van der Waals surface area (Å²) in [6.45, 7) is 1.90. The number of rotatable bonds is 11. The standard InChI is InChI=1S/C12H27N5O2/c13-6-2-1-4-10(17-11(18)5-8-15)12(19)16-9-3-7-14/h10H,1-9,13-15H2,(H,16,19)(H,17,18)/t10-/m0/s1. The van der Waals surface area contributed by atoms with Gasteiger partial charge in [-0.25, -0.2) is 0 Å². The van der Waals surface area contributed by atoms with Crippen molar-refractivity contribution in [2.45, 2.75) is 38.1 Å². The first kappa shape index (κ1) is 17.8. The number of hydrogen-bond acceptors (Lipinski definition) is 5. The van der Waals surface area contributed by atoms with Crippen LogP contribution in [0.2, 0.25) is 0 Å². The molecular formula is C12H27N5O2. The normalized spacial score (nSPS) is 11.9. The molecular weight excluding hydrogens is 246 g/mol. The Morgan fingerprint density at radius 1 is 0.947 bits per heavy atom. The van der Waals surface area contributed by atoms with E-state index in [4.69, 9.17) is 17.2 Å². The Bertz CT molecular complexity index is 261. The van der Waals surface area contributed by atoms with E-state index in [1.807, 2.05) is 0 Å². The summed E-state index contributed by atoms with van der Waals surface area (Å²) in [7, 11) is 0. The van der Waals surface area contributed by atoms with E-state index in [1.165, 1.54) is 0 Å². The van der Waals surface area contributed by atoms with Crippen LogP contribution in [0, 0.1) is 0 Å². The average molecular weight is 273 g/mol. The van der Waals surface area contributed by atoms with Gasteiger partial charge in [-0.05, 0) is 38.8 Å². The fraction of sp³-hybridized carbons (Fsp3) is 0.833. The number of hydrogen-bond donors (Lipinski definition) is 5. The molecule has 0 aliphatic rings. The van der Waals surface area contributed by atoms with Crippen LogP contribution in [0.25, 0.3) is 0 Å². The first-order chi connectivity index (χ1) is 9.15. The van der Waals surface area contributed by atoms with Gasteiger partial charge in [0.2, 0.25) is 11.8 Å². The van der Waals surface area contributed by atoms with Crippen LogP contribution in [-0.4, -0.2) is 44.0 Å². The highest BCUT2D eigenvalue weighted by atomic mass is 16.2. The maximum Gasteiger partial charge on any atom is 0.242 e. The molecule has 0 aliphatic heterocycles. The van der Waals surface area contributed by atoms with Gasteiger partial charge in [0.15, 0.2) is 0 Å². The third-order valence-corrected chi connectivity index (χ3v) is 2.65. The second-order valence-electron chi connectivity index (χ2n) is 4.38. The van der Waals surface area contributed by atoms with Crippen LogP contribution >= 0.6 is 0 Å². The minimum atomic E-state index is -0.511. The van der Waals surface area contributed by atoms with Crippen molar-refractivity contribution in [2.75, 3.05) is 26.2 Å². The van der Waals surface area contributed by atoms with E-state index in [2.05, 4.69) is 10.6 Å². The summed E-state index contributed by atoms with van der Waals surface area (Å²) in [4.78, 5) is 23.4. The Hall–Kier alpha value is -1.18. The molecule has 0 saturated carbocycles. The van der Waals surface area contributed by atoms with Gasteiger partial charge in [0.1, 0.15) is 6.04 Å². The maximum atomic E-state index is 11.9. The molecule has 0 aromatic heterocycles. The largest absolute Gasteiger partial charge is 0.354 e. The Morgan fingerprint density at radius 3 is 2.21 bits per heavy atom. The molecule has 0 bridgehead atoms. The third-order valence-electron chi connectivity index (χ3n) is 2.65. The topological polar surface area (TPSA) is 136 Å². The lowest BCUT2D eigenvalue weighted by molar-refractivity contribution is -0.129. The van der Waals surface area contributed by atoms with E-state index in [-0.39, 0.29) is 24.8 Å². The van der Waals surface area contributed by atoms with Crippen molar-refractivity contribution in [3.8, 4) is 0 Å². The van der Waals surface area contributed by atoms with E-state index in [1.54, 1.807) is 0 Å². The summed E-state index contributed by atoms with van der Waals surface area (Å²) in [5.74, 6) is -0.370. The van der Waals surface area contributed by atoms with E-state index >= 15 is 0 Å². The quantitative estimate of drug-likeness (QED) is 0.289. The molecule has 7 heteroatoms. The summed E-state index contributed by atoms with van der Waals surface area (Å²) in [6, 6.07) is -0.511. The van der Waals surface area contributed by atoms with E-state index < -0.39 is 6.04 Å². The Labute approximate surface area is 114 Å². The van der Waals surface area contributed by atoms with Crippen molar-refractivity contribution in [2.24, 2.45) is 17.2 Å². The number of carbonyl (C=O) groups is 2. The smallest absolute Gasteiger partial charge is 0.242 e. The van der Waals surface area contributed by atoms with Gasteiger partial charge in [0, 0.05) is 19.5 Å². The molecule has 0 heterocycles. The summed E-state index contributed by atoms with van der Waals surface area (Å²) in [5.41, 5.74) is 16.1. The van der Waals surface area contributed by atoms with Crippen LogP contribution in [-0.2, 0) is 9.59 Å². The van der Waals surface area contributed by atoms with Gasteiger partial charge >= 0.3 is 0 Å². The summed E-state index contributed by atoms with van der Waals surface area (Å²) >= 11 is 0. The molecule has 0 rings (SSSR count). The molecule has 7 nitrogen and oxygen atoms in total. The molecule has 1 atom stereocenters. The van der Waals surface area contributed by atoms with Crippen molar-refractivity contribution in [1.82, 2.24) is 10.6 Å². The number of nitrogens with one attached hydrogen (secondary N) is 2. The Kier molecular flexibility index (Phi) is 11.1. The van der Waals surface area contributed by atoms with Crippen molar-refractivity contribution in [1.29, 1.82) is 0 Å². The second kappa shape index (κ2) is 11.9. The highest BCUT2D eigenvalue weighted by molar-refractivity contribution is 5.87. The van der Waals surface area contributed by atoms with E-state index in [9.17, 15) is 9.59 Å². The number of unbranched alkanes of at least 4 members (excludes halogenated alkanes) is 1. The van der Waals surface area contributed by atoms with Gasteiger partial charge in [-0.1, -0.05) is 0 Å². The Balaban J connectivity index is 4.21. The fourth-order valence-corrected chi connectivity index (χ4v) is 1.60. The van der Waals surface area contributed by atoms with Crippen molar-refractivity contribution in [3.63, 3.8) is 0 Å². The third kappa shape index (κ3) is 9.40. The number of amides is 2. The van der Waals surface area contributed by atoms with Gasteiger partial charge in [-0.15, -0.1) is 0 Å². The maximum absolute atomic E-state index is 11.9. The molecule has 0 aromatic carbocycles. The molecule has 8 N–H and O–H groups in total. The zero-order valence-electron chi connectivity index (χ0n) is 11.5. The molecule has 0 radical (unpaired) electrons. The predicted octanol–water partition coefficient (Wildman–Crippen LogP) is -1.59. The molecule has 112 valence electrons. The van der Waals surface area contributed by atoms with Crippen LogP contribution < -0.4 is 27.8 Å². The van der Waals surface area contributed by atoms with Crippen LogP contribution in [0.15, 0.2) is 0 Å². The predicted molar refractivity (Wildman–Crippen MR) is 75.2 cm³/mol. The van der Waals surface area contributed by atoms with Gasteiger partial charge in [0.25, 0.3) is 0 Å². The Morgan fingerprint density at radius 2 is 1.63 bits per heavy atom. The zero-order chi connectivity index (χ0) is 14.5. The first-order valence-corrected chi connectivity index (χ1v) is 6.83. The lowest BCUT2D eigenvalue weighted by Gasteiger charge is -2.18. The number of carbonyl (C=O) groups excluding carboxylic acids is 2. The SMILES string of the molecule is NCCCC[C@H](NC(=O)CCN)C(=O)NCCCN. The number of nitrogens with two attached hydrogens (primary N) is 3. The van der Waals surface area contributed by atoms with Crippen molar-refractivity contribution < 1.29 is 9.59 Å². The lowest BCUT2D eigenvalue weighted by Crippen LogP contribution is -2.47. The molecule has 19 heavy (non-hydrogen) atoms. The van der Waals surface area contributed by atoms with E-state index in [0.717, 1.165) is 19.3 Å². The molecule has 0 saturated heterocycles. The highest BCUT2D eigenvalue weighted by Crippen LogP contribution is 2.01. The van der Waals surface area contributed by atoms with Crippen LogP contribution in [0.1, 0.15) is 32.1 Å². The van der Waals surface area contributed by atoms with Gasteiger partial charge in [-0.3, -0.25) is 9.59 Å². The monoisotopic (exact) mass is 273 g/mol. The van der Waals surface area contributed by atoms with Crippen molar-refractivity contribution in [3.05, 3.63) is 0 Å². The molecule has 2 amide bonds. The first-order valence-electron chi connectivity index (χ1n) is 6.83. The van der Waals surface area contributed by atoms with Crippen molar-refractivity contribution >= 4 is 11.8 Å². The summed E-state index contributed by atoms with van der Waals surface area (Å²) < 4.78 is 0. The van der Waals surface area contributed by atoms with Gasteiger partial charge in [0.05, 0.1) is 0 Å². The summed E-state index contributed by atoms with van der Waals surface area (Å²) in [5, 5.41) is 5.46. The van der Waals surface area contributed by atoms with Crippen LogP contribution in [0.5, 0.6) is 0 Å². The van der Waals surface area contributed by atoms with Crippen LogP contribution in [0.3, 0.4) is 0 Å². The average Bonchev–Trinajstić information content (AvgIpc) is 2.38. The minimum absolute atomic E-state index is 0.171. The molecule has 0 spiro atoms. The molecule has 0 fully saturated rings. The van der Waals surface area contributed by atoms with E-state index in [0.29, 0.717) is 26.1 Å². The summed E-state index contributed by atoms with van der Waals surface area (Å²) in [6.07, 6.45) is 3.16. The molecule has 0 aliphatic carbocycles. The van der Waals surface area contributed by atoms with Gasteiger partial charge in [-0.2, -0.15) is 0 Å². The second-order valence-corrected chi connectivity index (χ2v) is 4.38. The molecule has 0 aromatic rings. The van der Waals surface area contributed by atoms with Gasteiger partial charge < -0.3 is 27.8 Å². The minimum Gasteiger partial charge on any atom is -0.354 e. The van der Waals surface area contributed by atoms with Crippen LogP contribution in [0.4, 0.5) is 0 Å².